The highest BCUT2D eigenvalue weighted by molar-refractivity contribution is 5.90. The second-order valence-corrected chi connectivity index (χ2v) is 8.86. The van der Waals surface area contributed by atoms with Gasteiger partial charge in [-0.2, -0.15) is 5.26 Å². The maximum absolute atomic E-state index is 15.1. The van der Waals surface area contributed by atoms with Gasteiger partial charge in [0.05, 0.1) is 30.5 Å². The Morgan fingerprint density at radius 2 is 2.03 bits per heavy atom. The van der Waals surface area contributed by atoms with Gasteiger partial charge in [-0.1, -0.05) is 30.3 Å². The summed E-state index contributed by atoms with van der Waals surface area (Å²) < 4.78 is 20.4. The quantitative estimate of drug-likeness (QED) is 0.641. The molecule has 0 saturated carbocycles. The van der Waals surface area contributed by atoms with E-state index in [0.29, 0.717) is 37.3 Å². The fourth-order valence-corrected chi connectivity index (χ4v) is 4.77. The number of ether oxygens (including phenoxy) is 1. The molecule has 2 heterocycles. The van der Waals surface area contributed by atoms with Crippen LogP contribution < -0.4 is 15.1 Å². The van der Waals surface area contributed by atoms with Gasteiger partial charge in [0.2, 0.25) is 5.91 Å². The zero-order valence-electron chi connectivity index (χ0n) is 19.4. The Kier molecular flexibility index (Phi) is 6.88. The fourth-order valence-electron chi connectivity index (χ4n) is 4.77. The molecule has 180 valence electrons. The minimum Gasteiger partial charge on any atom is -0.442 e. The molecule has 8 nitrogen and oxygen atoms in total. The van der Waals surface area contributed by atoms with Crippen LogP contribution in [0.15, 0.2) is 48.5 Å². The summed E-state index contributed by atoms with van der Waals surface area (Å²) in [6.45, 7) is 10.5. The van der Waals surface area contributed by atoms with Crippen molar-refractivity contribution >= 4 is 23.4 Å². The number of nitriles is 1. The van der Waals surface area contributed by atoms with Crippen molar-refractivity contribution in [2.45, 2.75) is 37.3 Å². The molecule has 1 unspecified atom stereocenters. The molecule has 4 rings (SSSR count). The number of halogens is 1. The van der Waals surface area contributed by atoms with Crippen LogP contribution in [0.2, 0.25) is 0 Å². The molecule has 0 aromatic heterocycles. The predicted molar refractivity (Wildman–Crippen MR) is 128 cm³/mol. The Morgan fingerprint density at radius 3 is 2.63 bits per heavy atom. The molecule has 2 aliphatic rings. The maximum Gasteiger partial charge on any atom is 0.414 e. The van der Waals surface area contributed by atoms with E-state index in [2.05, 4.69) is 16.2 Å². The Hall–Kier alpha value is -4.11. The fraction of sp³-hybridized carbons (Fsp3) is 0.385. The van der Waals surface area contributed by atoms with Gasteiger partial charge in [-0.3, -0.25) is 9.69 Å². The lowest BCUT2D eigenvalue weighted by Gasteiger charge is -2.37. The molecule has 2 fully saturated rings. The number of rotatable bonds is 6. The molecule has 9 heteroatoms. The molecule has 0 bridgehead atoms. The van der Waals surface area contributed by atoms with Gasteiger partial charge in [-0.05, 0) is 23.8 Å². The number of nitrogens with one attached hydrogen (secondary N) is 1. The second-order valence-electron chi connectivity index (χ2n) is 8.86. The standard InChI is InChI=1S/C26H26FN5O3/c1-18(33)30-16-21-17-32(25(34)35-21)20-8-9-24(23(27)14-20)31-12-10-26(29-2,11-13-31)22(15-28)19-6-4-3-5-7-19/h3-9,14,21-22H,10-13,16-17H2,1H3,(H,30,33)/t21-,22?/m0/s1. The molecule has 0 spiro atoms. The van der Waals surface area contributed by atoms with E-state index in [1.807, 2.05) is 35.2 Å². The van der Waals surface area contributed by atoms with E-state index < -0.39 is 29.5 Å². The van der Waals surface area contributed by atoms with Crippen molar-refractivity contribution in [2.75, 3.05) is 36.0 Å². The minimum absolute atomic E-state index is 0.196. The summed E-state index contributed by atoms with van der Waals surface area (Å²) in [5.74, 6) is -1.25. The first kappa shape index (κ1) is 24.0. The van der Waals surface area contributed by atoms with Crippen molar-refractivity contribution in [3.63, 3.8) is 0 Å². The summed E-state index contributed by atoms with van der Waals surface area (Å²) in [5, 5.41) is 12.5. The number of carbonyl (C=O) groups excluding carboxylic acids is 2. The molecule has 2 aromatic carbocycles. The Morgan fingerprint density at radius 1 is 1.31 bits per heavy atom. The summed E-state index contributed by atoms with van der Waals surface area (Å²) in [7, 11) is 0. The average molecular weight is 476 g/mol. The monoisotopic (exact) mass is 475 g/mol. The highest BCUT2D eigenvalue weighted by Crippen LogP contribution is 2.41. The summed E-state index contributed by atoms with van der Waals surface area (Å²) in [4.78, 5) is 30.5. The van der Waals surface area contributed by atoms with Crippen LogP contribution in [-0.2, 0) is 9.53 Å². The van der Waals surface area contributed by atoms with E-state index in [1.54, 1.807) is 12.1 Å². The number of carbonyl (C=O) groups is 2. The number of hydrogen-bond donors (Lipinski definition) is 1. The van der Waals surface area contributed by atoms with Crippen LogP contribution in [0.4, 0.5) is 20.6 Å². The van der Waals surface area contributed by atoms with Crippen molar-refractivity contribution < 1.29 is 18.7 Å². The topological polar surface area (TPSA) is 90.0 Å². The van der Waals surface area contributed by atoms with Crippen LogP contribution in [-0.4, -0.2) is 49.8 Å². The lowest BCUT2D eigenvalue weighted by molar-refractivity contribution is -0.119. The van der Waals surface area contributed by atoms with Gasteiger partial charge >= 0.3 is 6.09 Å². The van der Waals surface area contributed by atoms with Gasteiger partial charge in [0.25, 0.3) is 5.54 Å². The SMILES string of the molecule is [C-]#[N+]C1(C(C#N)c2ccccc2)CCN(c2ccc(N3C[C@H](CNC(C)=O)OC3=O)cc2F)CC1. The Balaban J connectivity index is 1.45. The van der Waals surface area contributed by atoms with Gasteiger partial charge in [0.15, 0.2) is 0 Å². The van der Waals surface area contributed by atoms with E-state index in [9.17, 15) is 14.9 Å². The van der Waals surface area contributed by atoms with E-state index in [1.165, 1.54) is 17.9 Å². The normalized spacial score (nSPS) is 19.9. The third kappa shape index (κ3) is 4.90. The molecule has 2 aliphatic heterocycles. The number of benzene rings is 2. The van der Waals surface area contributed by atoms with E-state index in [0.717, 1.165) is 5.56 Å². The molecule has 2 amide bonds. The molecule has 2 aromatic rings. The van der Waals surface area contributed by atoms with Crippen molar-refractivity contribution in [3.8, 4) is 6.07 Å². The predicted octanol–water partition coefficient (Wildman–Crippen LogP) is 3.85. The van der Waals surface area contributed by atoms with Gasteiger partial charge in [0.1, 0.15) is 17.8 Å². The number of piperidine rings is 1. The lowest BCUT2D eigenvalue weighted by Crippen LogP contribution is -2.46. The number of cyclic esters (lactones) is 1. The van der Waals surface area contributed by atoms with Gasteiger partial charge in [-0.25, -0.2) is 15.8 Å². The average Bonchev–Trinajstić information content (AvgIpc) is 3.25. The number of amides is 2. The van der Waals surface area contributed by atoms with Crippen LogP contribution in [0.25, 0.3) is 4.85 Å². The van der Waals surface area contributed by atoms with Crippen molar-refractivity contribution in [1.29, 1.82) is 5.26 Å². The second kappa shape index (κ2) is 10.0. The Labute approximate surface area is 203 Å². The molecule has 35 heavy (non-hydrogen) atoms. The van der Waals surface area contributed by atoms with E-state index in [4.69, 9.17) is 11.3 Å². The molecule has 0 aliphatic carbocycles. The van der Waals surface area contributed by atoms with Gasteiger partial charge in [-0.15, -0.1) is 0 Å². The van der Waals surface area contributed by atoms with Crippen molar-refractivity contribution in [3.05, 3.63) is 71.3 Å². The molecule has 2 saturated heterocycles. The van der Waals surface area contributed by atoms with Gasteiger partial charge in [0, 0.05) is 32.9 Å². The van der Waals surface area contributed by atoms with E-state index in [-0.39, 0.29) is 19.0 Å². The third-order valence-corrected chi connectivity index (χ3v) is 6.69. The van der Waals surface area contributed by atoms with Crippen LogP contribution >= 0.6 is 0 Å². The molecular formula is C26H26FN5O3. The zero-order valence-corrected chi connectivity index (χ0v) is 19.4. The molecular weight excluding hydrogens is 449 g/mol. The Bertz CT molecular complexity index is 1180. The molecule has 0 radical (unpaired) electrons. The first-order valence-corrected chi connectivity index (χ1v) is 11.5. The van der Waals surface area contributed by atoms with Crippen molar-refractivity contribution in [1.82, 2.24) is 5.32 Å². The van der Waals surface area contributed by atoms with Crippen LogP contribution in [0.1, 0.15) is 31.2 Å². The third-order valence-electron chi connectivity index (χ3n) is 6.69. The first-order valence-electron chi connectivity index (χ1n) is 11.5. The summed E-state index contributed by atoms with van der Waals surface area (Å²) in [6.07, 6.45) is -0.214. The lowest BCUT2D eigenvalue weighted by atomic mass is 9.74. The van der Waals surface area contributed by atoms with Crippen molar-refractivity contribution in [2.24, 2.45) is 0 Å². The highest BCUT2D eigenvalue weighted by atomic mass is 19.1. The summed E-state index contributed by atoms with van der Waals surface area (Å²) in [6, 6.07) is 16.3. The number of anilines is 2. The van der Waals surface area contributed by atoms with Crippen LogP contribution in [0, 0.1) is 23.7 Å². The van der Waals surface area contributed by atoms with Gasteiger partial charge < -0.3 is 19.8 Å². The number of hydrogen-bond acceptors (Lipinski definition) is 5. The summed E-state index contributed by atoms with van der Waals surface area (Å²) >= 11 is 0. The largest absolute Gasteiger partial charge is 0.442 e. The molecule has 2 atom stereocenters. The number of nitrogens with zero attached hydrogens (tertiary/aromatic N) is 4. The minimum atomic E-state index is -0.856. The highest BCUT2D eigenvalue weighted by Gasteiger charge is 2.49. The zero-order chi connectivity index (χ0) is 25.0. The molecule has 1 N–H and O–H groups in total. The first-order chi connectivity index (χ1) is 16.9. The maximum atomic E-state index is 15.1. The van der Waals surface area contributed by atoms with E-state index >= 15 is 4.39 Å². The smallest absolute Gasteiger partial charge is 0.414 e. The summed E-state index contributed by atoms with van der Waals surface area (Å²) in [5.41, 5.74) is 0.737. The van der Waals surface area contributed by atoms with Crippen LogP contribution in [0.5, 0.6) is 0 Å². The van der Waals surface area contributed by atoms with Crippen LogP contribution in [0.3, 0.4) is 0 Å².